The monoisotopic (exact) mass is 268 g/mol. The van der Waals surface area contributed by atoms with Crippen LogP contribution < -0.4 is 0 Å². The molecule has 18 heavy (non-hydrogen) atoms. The molecule has 1 atom stereocenters. The maximum absolute atomic E-state index is 5.39. The van der Waals surface area contributed by atoms with Crippen molar-refractivity contribution in [2.75, 3.05) is 25.4 Å². The van der Waals surface area contributed by atoms with E-state index in [0.29, 0.717) is 6.61 Å². The molecule has 0 amide bonds. The number of nitrogens with zero attached hydrogens (tertiary/aromatic N) is 4. The summed E-state index contributed by atoms with van der Waals surface area (Å²) >= 11 is 2.10. The summed E-state index contributed by atoms with van der Waals surface area (Å²) in [7, 11) is 0. The van der Waals surface area contributed by atoms with Crippen molar-refractivity contribution >= 4 is 11.8 Å². The van der Waals surface area contributed by atoms with Crippen LogP contribution in [0.5, 0.6) is 0 Å². The SMILES string of the molecule is CCC1CN(Cc2nnc3n2CCOC3)CCS1. The van der Waals surface area contributed by atoms with Crippen LogP contribution in [0.3, 0.4) is 0 Å². The van der Waals surface area contributed by atoms with E-state index in [-0.39, 0.29) is 0 Å². The number of thioether (sulfide) groups is 1. The van der Waals surface area contributed by atoms with E-state index < -0.39 is 0 Å². The standard InChI is InChI=1S/C12H20N4OS/c1-2-10-7-15(4-6-18-10)8-11-13-14-12-9-17-5-3-16(11)12/h10H,2-9H2,1H3. The zero-order valence-corrected chi connectivity index (χ0v) is 11.7. The molecule has 1 fully saturated rings. The normalized spacial score (nSPS) is 25.1. The Hall–Kier alpha value is -0.590. The van der Waals surface area contributed by atoms with Crippen molar-refractivity contribution in [3.63, 3.8) is 0 Å². The summed E-state index contributed by atoms with van der Waals surface area (Å²) in [6.45, 7) is 7.85. The highest BCUT2D eigenvalue weighted by Crippen LogP contribution is 2.22. The van der Waals surface area contributed by atoms with Crippen LogP contribution >= 0.6 is 11.8 Å². The lowest BCUT2D eigenvalue weighted by molar-refractivity contribution is 0.0796. The third kappa shape index (κ3) is 2.55. The molecule has 6 heteroatoms. The minimum atomic E-state index is 0.612. The van der Waals surface area contributed by atoms with Gasteiger partial charge in [-0.1, -0.05) is 6.92 Å². The van der Waals surface area contributed by atoms with Crippen molar-refractivity contribution in [2.24, 2.45) is 0 Å². The van der Waals surface area contributed by atoms with Gasteiger partial charge >= 0.3 is 0 Å². The maximum atomic E-state index is 5.39. The van der Waals surface area contributed by atoms with Crippen LogP contribution in [0.1, 0.15) is 25.0 Å². The largest absolute Gasteiger partial charge is 0.372 e. The van der Waals surface area contributed by atoms with E-state index in [1.807, 2.05) is 0 Å². The zero-order chi connectivity index (χ0) is 12.4. The molecule has 5 nitrogen and oxygen atoms in total. The summed E-state index contributed by atoms with van der Waals surface area (Å²) in [6.07, 6.45) is 1.26. The van der Waals surface area contributed by atoms with E-state index in [9.17, 15) is 0 Å². The molecule has 1 aromatic heterocycles. The summed E-state index contributed by atoms with van der Waals surface area (Å²) in [5.74, 6) is 3.33. The fourth-order valence-corrected chi connectivity index (χ4v) is 3.79. The van der Waals surface area contributed by atoms with E-state index in [0.717, 1.165) is 36.6 Å². The van der Waals surface area contributed by atoms with Crippen molar-refractivity contribution in [1.82, 2.24) is 19.7 Å². The minimum Gasteiger partial charge on any atom is -0.372 e. The number of rotatable bonds is 3. The molecule has 3 heterocycles. The molecule has 2 aliphatic heterocycles. The van der Waals surface area contributed by atoms with Gasteiger partial charge in [0.05, 0.1) is 13.2 Å². The molecule has 0 aliphatic carbocycles. The summed E-state index contributed by atoms with van der Waals surface area (Å²) in [5, 5.41) is 9.33. The van der Waals surface area contributed by atoms with Crippen molar-refractivity contribution in [3.8, 4) is 0 Å². The van der Waals surface area contributed by atoms with Gasteiger partial charge in [0.2, 0.25) is 0 Å². The molecule has 0 aromatic carbocycles. The average Bonchev–Trinajstić information content (AvgIpc) is 2.83. The lowest BCUT2D eigenvalue weighted by atomic mass is 10.3. The number of hydrogen-bond acceptors (Lipinski definition) is 5. The molecule has 1 unspecified atom stereocenters. The molecular formula is C12H20N4OS. The van der Waals surface area contributed by atoms with Crippen molar-refractivity contribution in [3.05, 3.63) is 11.6 Å². The molecular weight excluding hydrogens is 248 g/mol. The van der Waals surface area contributed by atoms with Crippen molar-refractivity contribution < 1.29 is 4.74 Å². The van der Waals surface area contributed by atoms with Crippen LogP contribution in [0.15, 0.2) is 0 Å². The van der Waals surface area contributed by atoms with Gasteiger partial charge in [0.1, 0.15) is 12.4 Å². The van der Waals surface area contributed by atoms with Crippen LogP contribution in [0.25, 0.3) is 0 Å². The Bertz CT molecular complexity index is 409. The molecule has 2 aliphatic rings. The van der Waals surface area contributed by atoms with Gasteiger partial charge in [-0.25, -0.2) is 0 Å². The van der Waals surface area contributed by atoms with Crippen LogP contribution in [0, 0.1) is 0 Å². The van der Waals surface area contributed by atoms with E-state index in [1.54, 1.807) is 0 Å². The Labute approximate surface area is 112 Å². The van der Waals surface area contributed by atoms with Crippen LogP contribution in [-0.4, -0.2) is 50.4 Å². The van der Waals surface area contributed by atoms with Crippen molar-refractivity contribution in [2.45, 2.75) is 38.3 Å². The van der Waals surface area contributed by atoms with E-state index in [4.69, 9.17) is 4.74 Å². The van der Waals surface area contributed by atoms with Crippen molar-refractivity contribution in [1.29, 1.82) is 0 Å². The average molecular weight is 268 g/mol. The number of ether oxygens (including phenoxy) is 1. The highest BCUT2D eigenvalue weighted by molar-refractivity contribution is 8.00. The van der Waals surface area contributed by atoms with Crippen LogP contribution in [0.4, 0.5) is 0 Å². The van der Waals surface area contributed by atoms with Gasteiger partial charge in [0, 0.05) is 30.6 Å². The fraction of sp³-hybridized carbons (Fsp3) is 0.833. The summed E-state index contributed by atoms with van der Waals surface area (Å²) < 4.78 is 7.62. The summed E-state index contributed by atoms with van der Waals surface area (Å²) in [5.41, 5.74) is 0. The third-order valence-corrected chi connectivity index (χ3v) is 5.01. The molecule has 1 aromatic rings. The topological polar surface area (TPSA) is 43.2 Å². The van der Waals surface area contributed by atoms with Gasteiger partial charge < -0.3 is 9.30 Å². The number of aromatic nitrogens is 3. The molecule has 1 saturated heterocycles. The summed E-state index contributed by atoms with van der Waals surface area (Å²) in [6, 6.07) is 0. The van der Waals surface area contributed by atoms with Gasteiger partial charge in [-0.2, -0.15) is 11.8 Å². The molecule has 0 N–H and O–H groups in total. The molecule has 0 radical (unpaired) electrons. The predicted octanol–water partition coefficient (Wildman–Crippen LogP) is 1.14. The van der Waals surface area contributed by atoms with Gasteiger partial charge in [-0.3, -0.25) is 4.90 Å². The van der Waals surface area contributed by atoms with Gasteiger partial charge in [0.25, 0.3) is 0 Å². The lowest BCUT2D eigenvalue weighted by Gasteiger charge is -2.31. The molecule has 0 spiro atoms. The van der Waals surface area contributed by atoms with E-state index in [2.05, 4.69) is 38.3 Å². The van der Waals surface area contributed by atoms with Gasteiger partial charge in [0.15, 0.2) is 5.82 Å². The Balaban J connectivity index is 1.67. The Morgan fingerprint density at radius 2 is 2.33 bits per heavy atom. The Morgan fingerprint density at radius 1 is 1.39 bits per heavy atom. The van der Waals surface area contributed by atoms with Crippen LogP contribution in [-0.2, 0) is 24.4 Å². The highest BCUT2D eigenvalue weighted by Gasteiger charge is 2.22. The number of fused-ring (bicyclic) bond motifs is 1. The highest BCUT2D eigenvalue weighted by atomic mass is 32.2. The number of hydrogen-bond donors (Lipinski definition) is 0. The van der Waals surface area contributed by atoms with E-state index >= 15 is 0 Å². The lowest BCUT2D eigenvalue weighted by Crippen LogP contribution is -2.38. The van der Waals surface area contributed by atoms with Crippen LogP contribution in [0.2, 0.25) is 0 Å². The molecule has 100 valence electrons. The first-order chi connectivity index (χ1) is 8.86. The minimum absolute atomic E-state index is 0.612. The first kappa shape index (κ1) is 12.4. The van der Waals surface area contributed by atoms with Gasteiger partial charge in [-0.15, -0.1) is 10.2 Å². The second-order valence-corrected chi connectivity index (χ2v) is 6.28. The second-order valence-electron chi connectivity index (χ2n) is 4.87. The first-order valence-corrected chi connectivity index (χ1v) is 7.74. The Morgan fingerprint density at radius 3 is 3.22 bits per heavy atom. The second kappa shape index (κ2) is 5.59. The smallest absolute Gasteiger partial charge is 0.159 e. The first-order valence-electron chi connectivity index (χ1n) is 6.69. The summed E-state index contributed by atoms with van der Waals surface area (Å²) in [4.78, 5) is 2.51. The third-order valence-electron chi connectivity index (χ3n) is 3.64. The fourth-order valence-electron chi connectivity index (χ4n) is 2.54. The quantitative estimate of drug-likeness (QED) is 0.822. The van der Waals surface area contributed by atoms with E-state index in [1.165, 1.54) is 25.3 Å². The molecule has 0 saturated carbocycles. The zero-order valence-electron chi connectivity index (χ0n) is 10.8. The Kier molecular flexibility index (Phi) is 3.86. The maximum Gasteiger partial charge on any atom is 0.159 e. The van der Waals surface area contributed by atoms with Gasteiger partial charge in [-0.05, 0) is 6.42 Å². The molecule has 0 bridgehead atoms. The predicted molar refractivity (Wildman–Crippen MR) is 71.5 cm³/mol. The molecule has 3 rings (SSSR count).